The number of nitrogens with one attached hydrogen (secondary N) is 2. The van der Waals surface area contributed by atoms with E-state index in [1.54, 1.807) is 24.5 Å². The Balaban J connectivity index is 1.50. The summed E-state index contributed by atoms with van der Waals surface area (Å²) in [4.78, 5) is 26.3. The van der Waals surface area contributed by atoms with Crippen molar-refractivity contribution < 1.29 is 23.5 Å². The largest absolute Gasteiger partial charge is 0.494 e. The highest BCUT2D eigenvalue weighted by Crippen LogP contribution is 2.48. The van der Waals surface area contributed by atoms with Crippen LogP contribution in [0.3, 0.4) is 0 Å². The molecule has 2 bridgehead atoms. The fraction of sp³-hybridized carbons (Fsp3) is 0.417. The first-order chi connectivity index (χ1) is 15.1. The van der Waals surface area contributed by atoms with E-state index in [1.807, 2.05) is 26.0 Å². The molecule has 4 rings (SSSR count). The molecule has 2 N–H and O–H groups in total. The van der Waals surface area contributed by atoms with Crippen molar-refractivity contribution in [3.05, 3.63) is 54.5 Å². The Morgan fingerprint density at radius 1 is 1.03 bits per heavy atom. The van der Waals surface area contributed by atoms with Crippen molar-refractivity contribution in [3.8, 4) is 11.5 Å². The minimum atomic E-state index is -0.433. The lowest BCUT2D eigenvalue weighted by Crippen LogP contribution is -2.41. The van der Waals surface area contributed by atoms with Crippen LogP contribution in [-0.2, 0) is 16.1 Å². The maximum atomic E-state index is 13.3. The molecular formula is C24H28N2O5. The second-order valence-corrected chi connectivity index (χ2v) is 7.81. The Hall–Kier alpha value is -3.22. The molecule has 7 heteroatoms. The molecule has 1 fully saturated rings. The van der Waals surface area contributed by atoms with Crippen LogP contribution in [0.5, 0.6) is 11.5 Å². The van der Waals surface area contributed by atoms with E-state index in [0.717, 1.165) is 6.42 Å². The predicted octanol–water partition coefficient (Wildman–Crippen LogP) is 3.77. The van der Waals surface area contributed by atoms with Crippen LogP contribution in [0, 0.1) is 23.7 Å². The number of furan rings is 1. The van der Waals surface area contributed by atoms with E-state index < -0.39 is 11.8 Å². The monoisotopic (exact) mass is 424 g/mol. The van der Waals surface area contributed by atoms with Crippen molar-refractivity contribution in [2.45, 2.75) is 26.8 Å². The van der Waals surface area contributed by atoms with E-state index in [9.17, 15) is 9.59 Å². The summed E-state index contributed by atoms with van der Waals surface area (Å²) in [5.74, 6) is 0.896. The van der Waals surface area contributed by atoms with Gasteiger partial charge in [-0.25, -0.2) is 0 Å². The number of allylic oxidation sites excluding steroid dienone is 2. The highest BCUT2D eigenvalue weighted by atomic mass is 16.5. The second kappa shape index (κ2) is 9.29. The zero-order chi connectivity index (χ0) is 21.8. The Morgan fingerprint density at radius 2 is 1.77 bits per heavy atom. The summed E-state index contributed by atoms with van der Waals surface area (Å²) < 4.78 is 16.5. The lowest BCUT2D eigenvalue weighted by atomic mass is 9.81. The summed E-state index contributed by atoms with van der Waals surface area (Å²) in [6, 6.07) is 8.96. The molecule has 164 valence electrons. The molecule has 31 heavy (non-hydrogen) atoms. The van der Waals surface area contributed by atoms with E-state index in [4.69, 9.17) is 13.9 Å². The van der Waals surface area contributed by atoms with Gasteiger partial charge in [-0.2, -0.15) is 0 Å². The fourth-order valence-corrected chi connectivity index (χ4v) is 4.60. The smallest absolute Gasteiger partial charge is 0.229 e. The Bertz CT molecular complexity index is 953. The van der Waals surface area contributed by atoms with E-state index in [0.29, 0.717) is 42.7 Å². The highest BCUT2D eigenvalue weighted by Gasteiger charge is 2.51. The van der Waals surface area contributed by atoms with Gasteiger partial charge in [-0.15, -0.1) is 0 Å². The van der Waals surface area contributed by atoms with Crippen molar-refractivity contribution in [2.75, 3.05) is 18.5 Å². The molecule has 2 aromatic rings. The van der Waals surface area contributed by atoms with Crippen LogP contribution in [0.25, 0.3) is 0 Å². The van der Waals surface area contributed by atoms with Crippen LogP contribution in [0.2, 0.25) is 0 Å². The number of hydrogen-bond acceptors (Lipinski definition) is 5. The molecule has 2 aliphatic rings. The Labute approximate surface area is 181 Å². The minimum Gasteiger partial charge on any atom is -0.494 e. The number of carbonyl (C=O) groups excluding carboxylic acids is 2. The normalized spacial score (nSPS) is 23.5. The average Bonchev–Trinajstić information content (AvgIpc) is 3.51. The van der Waals surface area contributed by atoms with E-state index in [2.05, 4.69) is 22.8 Å². The van der Waals surface area contributed by atoms with Gasteiger partial charge >= 0.3 is 0 Å². The first-order valence-corrected chi connectivity index (χ1v) is 10.8. The summed E-state index contributed by atoms with van der Waals surface area (Å²) in [5.41, 5.74) is 0.555. The van der Waals surface area contributed by atoms with Gasteiger partial charge in [0.1, 0.15) is 17.3 Å². The molecule has 1 heterocycles. The van der Waals surface area contributed by atoms with Crippen molar-refractivity contribution in [2.24, 2.45) is 23.7 Å². The lowest BCUT2D eigenvalue weighted by Gasteiger charge is -2.26. The summed E-state index contributed by atoms with van der Waals surface area (Å²) in [6.07, 6.45) is 6.51. The lowest BCUT2D eigenvalue weighted by molar-refractivity contribution is -0.133. The molecule has 1 saturated carbocycles. The standard InChI is InChI=1S/C24H28N2O5/c1-3-29-17-9-10-20(30-4-2)19(13-17)26-24(28)22-16-8-7-15(12-16)21(22)23(27)25-14-18-6-5-11-31-18/h5-11,13,15-16,21-22H,3-4,12,14H2,1-2H3,(H,25,27)(H,26,28)/t15-,16-,21+,22+/m1/s1. The first kappa shape index (κ1) is 21.0. The fourth-order valence-electron chi connectivity index (χ4n) is 4.60. The van der Waals surface area contributed by atoms with Gasteiger partial charge < -0.3 is 24.5 Å². The third-order valence-corrected chi connectivity index (χ3v) is 5.90. The van der Waals surface area contributed by atoms with Gasteiger partial charge in [0.15, 0.2) is 0 Å². The van der Waals surface area contributed by atoms with Crippen molar-refractivity contribution in [3.63, 3.8) is 0 Å². The van der Waals surface area contributed by atoms with Crippen LogP contribution in [0.15, 0.2) is 53.2 Å². The zero-order valence-electron chi connectivity index (χ0n) is 17.8. The number of hydrogen-bond donors (Lipinski definition) is 2. The molecule has 0 radical (unpaired) electrons. The summed E-state index contributed by atoms with van der Waals surface area (Å²) in [6.45, 7) is 5.11. The number of benzene rings is 1. The SMILES string of the molecule is CCOc1ccc(OCC)c(NC(=O)[C@@H]2[C@@H](C(=O)NCc3ccco3)[C@@H]3C=C[C@@H]2C3)c1. The van der Waals surface area contributed by atoms with Crippen LogP contribution < -0.4 is 20.1 Å². The predicted molar refractivity (Wildman–Crippen MR) is 116 cm³/mol. The van der Waals surface area contributed by atoms with Crippen LogP contribution in [0.1, 0.15) is 26.0 Å². The molecule has 2 aliphatic carbocycles. The van der Waals surface area contributed by atoms with Crippen molar-refractivity contribution >= 4 is 17.5 Å². The Kier molecular flexibility index (Phi) is 6.30. The molecule has 0 saturated heterocycles. The molecule has 0 spiro atoms. The molecule has 7 nitrogen and oxygen atoms in total. The third kappa shape index (κ3) is 4.45. The van der Waals surface area contributed by atoms with Crippen LogP contribution in [-0.4, -0.2) is 25.0 Å². The molecule has 0 unspecified atom stereocenters. The number of anilines is 1. The van der Waals surface area contributed by atoms with Crippen LogP contribution >= 0.6 is 0 Å². The minimum absolute atomic E-state index is 0.0509. The van der Waals surface area contributed by atoms with Gasteiger partial charge in [-0.05, 0) is 56.4 Å². The molecule has 1 aromatic carbocycles. The maximum Gasteiger partial charge on any atom is 0.229 e. The average molecular weight is 424 g/mol. The summed E-state index contributed by atoms with van der Waals surface area (Å²) >= 11 is 0. The maximum absolute atomic E-state index is 13.3. The van der Waals surface area contributed by atoms with Gasteiger partial charge in [-0.1, -0.05) is 12.2 Å². The molecule has 0 aliphatic heterocycles. The molecule has 4 atom stereocenters. The van der Waals surface area contributed by atoms with E-state index in [1.165, 1.54) is 0 Å². The first-order valence-electron chi connectivity index (χ1n) is 10.8. The number of fused-ring (bicyclic) bond motifs is 2. The summed E-state index contributed by atoms with van der Waals surface area (Å²) in [7, 11) is 0. The number of ether oxygens (including phenoxy) is 2. The van der Waals surface area contributed by atoms with Crippen molar-refractivity contribution in [1.29, 1.82) is 0 Å². The molecular weight excluding hydrogens is 396 g/mol. The topological polar surface area (TPSA) is 89.8 Å². The number of rotatable bonds is 9. The van der Waals surface area contributed by atoms with Gasteiger partial charge in [0.05, 0.1) is 43.5 Å². The quantitative estimate of drug-likeness (QED) is 0.598. The second-order valence-electron chi connectivity index (χ2n) is 7.81. The summed E-state index contributed by atoms with van der Waals surface area (Å²) in [5, 5.41) is 5.93. The van der Waals surface area contributed by atoms with E-state index in [-0.39, 0.29) is 23.7 Å². The Morgan fingerprint density at radius 3 is 2.45 bits per heavy atom. The van der Waals surface area contributed by atoms with Crippen LogP contribution in [0.4, 0.5) is 5.69 Å². The van der Waals surface area contributed by atoms with Gasteiger partial charge in [0, 0.05) is 6.07 Å². The number of carbonyl (C=O) groups is 2. The van der Waals surface area contributed by atoms with Crippen molar-refractivity contribution in [1.82, 2.24) is 5.32 Å². The van der Waals surface area contributed by atoms with E-state index >= 15 is 0 Å². The van der Waals surface area contributed by atoms with Gasteiger partial charge in [-0.3, -0.25) is 9.59 Å². The molecule has 2 amide bonds. The van der Waals surface area contributed by atoms with Gasteiger partial charge in [0.25, 0.3) is 0 Å². The highest BCUT2D eigenvalue weighted by molar-refractivity contribution is 5.98. The zero-order valence-corrected chi connectivity index (χ0v) is 17.8. The van der Waals surface area contributed by atoms with Gasteiger partial charge in [0.2, 0.25) is 11.8 Å². The third-order valence-electron chi connectivity index (χ3n) is 5.90. The molecule has 1 aromatic heterocycles. The number of amides is 2.